The molecule has 2 heterocycles. The van der Waals surface area contributed by atoms with E-state index in [-0.39, 0.29) is 6.61 Å². The Labute approximate surface area is 121 Å². The van der Waals surface area contributed by atoms with E-state index in [9.17, 15) is 0 Å². The van der Waals surface area contributed by atoms with Crippen LogP contribution >= 0.6 is 0 Å². The van der Waals surface area contributed by atoms with Gasteiger partial charge in [0.2, 0.25) is 0 Å². The topological polar surface area (TPSA) is 80.8 Å². The molecule has 0 spiro atoms. The normalized spacial score (nSPS) is 10.7. The molecule has 0 saturated carbocycles. The Kier molecular flexibility index (Phi) is 3.92. The van der Waals surface area contributed by atoms with Crippen LogP contribution in [0, 0.1) is 0 Å². The first kappa shape index (κ1) is 13.3. The summed E-state index contributed by atoms with van der Waals surface area (Å²) in [4.78, 5) is 4.07. The largest absolute Gasteiger partial charge is 0.394 e. The predicted molar refractivity (Wildman–Crippen MR) is 78.0 cm³/mol. The van der Waals surface area contributed by atoms with E-state index in [0.29, 0.717) is 13.1 Å². The lowest BCUT2D eigenvalue weighted by atomic mass is 10.2. The molecule has 3 rings (SSSR count). The van der Waals surface area contributed by atoms with Crippen LogP contribution in [0.2, 0.25) is 0 Å². The lowest BCUT2D eigenvalue weighted by Crippen LogP contribution is -2.04. The van der Waals surface area contributed by atoms with Gasteiger partial charge < -0.3 is 15.0 Å². The second-order valence-electron chi connectivity index (χ2n) is 4.54. The van der Waals surface area contributed by atoms with Crippen LogP contribution < -0.4 is 5.32 Å². The SMILES string of the molecule is OCCn1cc(CNc2ccccc2-n2ccnc2)nn1. The molecule has 0 saturated heterocycles. The van der Waals surface area contributed by atoms with E-state index in [1.807, 2.05) is 41.2 Å². The molecule has 108 valence electrons. The fourth-order valence-corrected chi connectivity index (χ4v) is 2.07. The van der Waals surface area contributed by atoms with Crippen molar-refractivity contribution in [1.82, 2.24) is 24.5 Å². The molecule has 7 heteroatoms. The number of rotatable bonds is 6. The highest BCUT2D eigenvalue weighted by Gasteiger charge is 2.05. The first-order chi connectivity index (χ1) is 10.4. The number of imidazole rings is 1. The maximum Gasteiger partial charge on any atom is 0.102 e. The third-order valence-electron chi connectivity index (χ3n) is 3.06. The monoisotopic (exact) mass is 284 g/mol. The maximum absolute atomic E-state index is 8.87. The molecule has 2 N–H and O–H groups in total. The Hall–Kier alpha value is -2.67. The Morgan fingerprint density at radius 2 is 2.14 bits per heavy atom. The van der Waals surface area contributed by atoms with E-state index in [0.717, 1.165) is 17.1 Å². The van der Waals surface area contributed by atoms with E-state index in [2.05, 4.69) is 20.6 Å². The summed E-state index contributed by atoms with van der Waals surface area (Å²) in [7, 11) is 0. The summed E-state index contributed by atoms with van der Waals surface area (Å²) in [5.74, 6) is 0. The van der Waals surface area contributed by atoms with E-state index >= 15 is 0 Å². The molecule has 0 aliphatic rings. The molecule has 21 heavy (non-hydrogen) atoms. The summed E-state index contributed by atoms with van der Waals surface area (Å²) < 4.78 is 3.57. The molecule has 0 fully saturated rings. The number of nitrogens with one attached hydrogen (secondary N) is 1. The molecule has 0 radical (unpaired) electrons. The van der Waals surface area contributed by atoms with Gasteiger partial charge >= 0.3 is 0 Å². The van der Waals surface area contributed by atoms with E-state index in [4.69, 9.17) is 5.11 Å². The average molecular weight is 284 g/mol. The molecule has 1 aromatic carbocycles. The highest BCUT2D eigenvalue weighted by atomic mass is 16.3. The number of hydrogen-bond acceptors (Lipinski definition) is 5. The summed E-state index contributed by atoms with van der Waals surface area (Å²) in [6.45, 7) is 1.08. The van der Waals surface area contributed by atoms with Crippen molar-refractivity contribution in [2.24, 2.45) is 0 Å². The maximum atomic E-state index is 8.87. The van der Waals surface area contributed by atoms with Gasteiger partial charge in [-0.3, -0.25) is 0 Å². The van der Waals surface area contributed by atoms with Gasteiger partial charge in [-0.1, -0.05) is 17.3 Å². The molecule has 0 bridgehead atoms. The van der Waals surface area contributed by atoms with Gasteiger partial charge in [-0.25, -0.2) is 9.67 Å². The van der Waals surface area contributed by atoms with Gasteiger partial charge in [0.05, 0.1) is 43.6 Å². The van der Waals surface area contributed by atoms with E-state index < -0.39 is 0 Å². The number of aliphatic hydroxyl groups excluding tert-OH is 1. The molecular formula is C14H16N6O. The van der Waals surface area contributed by atoms with Crippen LogP contribution in [-0.2, 0) is 13.1 Å². The van der Waals surface area contributed by atoms with Crippen LogP contribution in [0.4, 0.5) is 5.69 Å². The van der Waals surface area contributed by atoms with E-state index in [1.165, 1.54) is 0 Å². The number of nitrogens with zero attached hydrogens (tertiary/aromatic N) is 5. The minimum absolute atomic E-state index is 0.0552. The van der Waals surface area contributed by atoms with Crippen molar-refractivity contribution < 1.29 is 5.11 Å². The molecule has 0 aliphatic heterocycles. The van der Waals surface area contributed by atoms with Crippen molar-refractivity contribution in [3.05, 3.63) is 54.9 Å². The smallest absolute Gasteiger partial charge is 0.102 e. The van der Waals surface area contributed by atoms with Gasteiger partial charge in [0.15, 0.2) is 0 Å². The van der Waals surface area contributed by atoms with Gasteiger partial charge in [-0.05, 0) is 12.1 Å². The lowest BCUT2D eigenvalue weighted by Gasteiger charge is -2.11. The third-order valence-corrected chi connectivity index (χ3v) is 3.06. The molecule has 0 atom stereocenters. The number of hydrogen-bond donors (Lipinski definition) is 2. The average Bonchev–Trinajstić information content (AvgIpc) is 3.17. The van der Waals surface area contributed by atoms with Gasteiger partial charge in [0.25, 0.3) is 0 Å². The molecule has 7 nitrogen and oxygen atoms in total. The minimum Gasteiger partial charge on any atom is -0.394 e. The summed E-state index contributed by atoms with van der Waals surface area (Å²) >= 11 is 0. The molecule has 0 amide bonds. The summed E-state index contributed by atoms with van der Waals surface area (Å²) in [6.07, 6.45) is 7.23. The Balaban J connectivity index is 1.73. The molecular weight excluding hydrogens is 268 g/mol. The Morgan fingerprint density at radius 1 is 1.24 bits per heavy atom. The zero-order valence-corrected chi connectivity index (χ0v) is 11.4. The first-order valence-electron chi connectivity index (χ1n) is 6.68. The van der Waals surface area contributed by atoms with Gasteiger partial charge in [-0.15, -0.1) is 5.10 Å². The quantitative estimate of drug-likeness (QED) is 0.707. The number of anilines is 1. The number of aromatic nitrogens is 5. The summed E-state index contributed by atoms with van der Waals surface area (Å²) in [5, 5.41) is 20.2. The van der Waals surface area contributed by atoms with Crippen molar-refractivity contribution in [3.8, 4) is 5.69 Å². The van der Waals surface area contributed by atoms with Gasteiger partial charge in [-0.2, -0.15) is 0 Å². The van der Waals surface area contributed by atoms with Crippen LogP contribution in [0.25, 0.3) is 5.69 Å². The van der Waals surface area contributed by atoms with Crippen LogP contribution in [0.15, 0.2) is 49.2 Å². The Bertz CT molecular complexity index is 691. The fraction of sp³-hybridized carbons (Fsp3) is 0.214. The highest BCUT2D eigenvalue weighted by molar-refractivity contribution is 5.60. The summed E-state index contributed by atoms with van der Waals surface area (Å²) in [6, 6.07) is 7.99. The predicted octanol–water partition coefficient (Wildman–Crippen LogP) is 1.07. The number of benzene rings is 1. The van der Waals surface area contributed by atoms with Crippen LogP contribution in [0.1, 0.15) is 5.69 Å². The lowest BCUT2D eigenvalue weighted by molar-refractivity contribution is 0.268. The second kappa shape index (κ2) is 6.19. The van der Waals surface area contributed by atoms with Crippen molar-refractivity contribution >= 4 is 5.69 Å². The summed E-state index contributed by atoms with van der Waals surface area (Å²) in [5.41, 5.74) is 2.84. The Morgan fingerprint density at radius 3 is 2.95 bits per heavy atom. The minimum atomic E-state index is 0.0552. The molecule has 2 aromatic heterocycles. The zero-order valence-electron chi connectivity index (χ0n) is 11.4. The first-order valence-corrected chi connectivity index (χ1v) is 6.68. The number of aliphatic hydroxyl groups is 1. The second-order valence-corrected chi connectivity index (χ2v) is 4.54. The number of para-hydroxylation sites is 2. The third kappa shape index (κ3) is 3.09. The van der Waals surface area contributed by atoms with E-state index in [1.54, 1.807) is 17.2 Å². The van der Waals surface area contributed by atoms with Crippen molar-refractivity contribution in [2.75, 3.05) is 11.9 Å². The van der Waals surface area contributed by atoms with Crippen LogP contribution in [-0.4, -0.2) is 36.3 Å². The van der Waals surface area contributed by atoms with Gasteiger partial charge in [0, 0.05) is 12.4 Å². The highest BCUT2D eigenvalue weighted by Crippen LogP contribution is 2.19. The molecule has 0 aliphatic carbocycles. The molecule has 0 unspecified atom stereocenters. The van der Waals surface area contributed by atoms with Crippen LogP contribution in [0.5, 0.6) is 0 Å². The van der Waals surface area contributed by atoms with Crippen molar-refractivity contribution in [1.29, 1.82) is 0 Å². The van der Waals surface area contributed by atoms with Gasteiger partial charge in [0.1, 0.15) is 5.69 Å². The van der Waals surface area contributed by atoms with Crippen molar-refractivity contribution in [2.45, 2.75) is 13.1 Å². The standard InChI is InChI=1S/C14H16N6O/c21-8-7-20-10-12(17-18-20)9-16-13-3-1-2-4-14(13)19-6-5-15-11-19/h1-6,10-11,16,21H,7-9H2. The zero-order chi connectivity index (χ0) is 14.5. The fourth-order valence-electron chi connectivity index (χ4n) is 2.07. The van der Waals surface area contributed by atoms with Crippen molar-refractivity contribution in [3.63, 3.8) is 0 Å². The van der Waals surface area contributed by atoms with Crippen LogP contribution in [0.3, 0.4) is 0 Å². The molecule has 3 aromatic rings.